The first-order valence-corrected chi connectivity index (χ1v) is 16.3. The molecular weight excluding hydrogens is 541 g/mol. The van der Waals surface area contributed by atoms with Crippen molar-refractivity contribution >= 4 is 16.1 Å². The Bertz CT molecular complexity index is 1270. The monoisotopic (exact) mass is 586 g/mol. The van der Waals surface area contributed by atoms with Crippen LogP contribution in [0.5, 0.6) is 0 Å². The van der Waals surface area contributed by atoms with E-state index in [4.69, 9.17) is 4.18 Å². The van der Waals surface area contributed by atoms with Gasteiger partial charge in [-0.1, -0.05) is 60.1 Å². The van der Waals surface area contributed by atoms with Gasteiger partial charge in [-0.3, -0.25) is 4.79 Å². The molecule has 3 fully saturated rings. The van der Waals surface area contributed by atoms with Crippen molar-refractivity contribution in [3.63, 3.8) is 0 Å². The molecule has 0 bridgehead atoms. The standard InChI is InChI=1S/C31H45F3O5S/c1-18-10-15-30(25(35)36)17-16-28(6)20(24(30)19(18)2)8-9-22-27(5)13-12-23(39-40(37,38)31(32,33)34)26(3,4)21(27)11-14-29(22,28)7/h8,12,18-19,21-22,24H,9-11,13-17H2,1-7H3,(H,35,36). The molecule has 9 unspecified atom stereocenters. The van der Waals surface area contributed by atoms with Crippen LogP contribution in [-0.4, -0.2) is 25.0 Å². The third-order valence-corrected chi connectivity index (χ3v) is 14.4. The molecule has 0 radical (unpaired) electrons. The number of alkyl halides is 3. The molecule has 0 spiro atoms. The highest BCUT2D eigenvalue weighted by atomic mass is 32.2. The zero-order valence-corrected chi connectivity index (χ0v) is 25.6. The number of allylic oxidation sites excluding steroid dienone is 4. The van der Waals surface area contributed by atoms with E-state index in [9.17, 15) is 31.5 Å². The van der Waals surface area contributed by atoms with Gasteiger partial charge in [0.1, 0.15) is 5.76 Å². The van der Waals surface area contributed by atoms with Crippen molar-refractivity contribution in [1.29, 1.82) is 0 Å². The van der Waals surface area contributed by atoms with Gasteiger partial charge in [0.05, 0.1) is 5.41 Å². The summed E-state index contributed by atoms with van der Waals surface area (Å²) in [6, 6.07) is 0. The molecule has 5 aliphatic rings. The fourth-order valence-electron chi connectivity index (χ4n) is 10.7. The minimum atomic E-state index is -5.75. The number of rotatable bonds is 3. The Morgan fingerprint density at radius 1 is 0.975 bits per heavy atom. The van der Waals surface area contributed by atoms with Crippen LogP contribution in [0.15, 0.2) is 23.5 Å². The van der Waals surface area contributed by atoms with Crippen LogP contribution in [0.2, 0.25) is 0 Å². The summed E-state index contributed by atoms with van der Waals surface area (Å²) in [5.74, 6) is 0.120. The van der Waals surface area contributed by atoms with Crippen LogP contribution in [0.4, 0.5) is 13.2 Å². The van der Waals surface area contributed by atoms with Crippen LogP contribution >= 0.6 is 0 Å². The van der Waals surface area contributed by atoms with E-state index in [2.05, 4.69) is 40.7 Å². The molecule has 5 nitrogen and oxygen atoms in total. The van der Waals surface area contributed by atoms with Crippen LogP contribution in [0.1, 0.15) is 99.8 Å². The van der Waals surface area contributed by atoms with Crippen molar-refractivity contribution < 1.29 is 35.7 Å². The van der Waals surface area contributed by atoms with Crippen molar-refractivity contribution in [3.8, 4) is 0 Å². The number of carboxylic acids is 1. The predicted octanol–water partition coefficient (Wildman–Crippen LogP) is 8.09. The normalized spacial score (nSPS) is 46.5. The first-order valence-electron chi connectivity index (χ1n) is 14.8. The van der Waals surface area contributed by atoms with Crippen LogP contribution in [-0.2, 0) is 19.1 Å². The lowest BCUT2D eigenvalue weighted by Crippen LogP contribution is -2.64. The average molecular weight is 587 g/mol. The van der Waals surface area contributed by atoms with E-state index < -0.39 is 32.4 Å². The highest BCUT2D eigenvalue weighted by Crippen LogP contribution is 2.75. The summed E-state index contributed by atoms with van der Waals surface area (Å²) >= 11 is 0. The lowest BCUT2D eigenvalue weighted by Gasteiger charge is -2.70. The fraction of sp³-hybridized carbons (Fsp3) is 0.839. The largest absolute Gasteiger partial charge is 0.534 e. The molecule has 0 aliphatic heterocycles. The van der Waals surface area contributed by atoms with Gasteiger partial charge < -0.3 is 9.29 Å². The van der Waals surface area contributed by atoms with E-state index in [-0.39, 0.29) is 45.7 Å². The first kappa shape index (κ1) is 30.0. The van der Waals surface area contributed by atoms with Crippen molar-refractivity contribution in [1.82, 2.24) is 0 Å². The maximum atomic E-state index is 13.2. The third-order valence-electron chi connectivity index (χ3n) is 13.4. The molecule has 0 saturated heterocycles. The Labute approximate surface area is 237 Å². The highest BCUT2D eigenvalue weighted by Gasteiger charge is 2.69. The minimum absolute atomic E-state index is 0.00563. The van der Waals surface area contributed by atoms with Gasteiger partial charge >= 0.3 is 21.6 Å². The zero-order valence-electron chi connectivity index (χ0n) is 24.8. The molecule has 226 valence electrons. The number of hydrogen-bond donors (Lipinski definition) is 1. The molecular formula is C31H45F3O5S. The van der Waals surface area contributed by atoms with Crippen molar-refractivity contribution in [3.05, 3.63) is 23.5 Å². The van der Waals surface area contributed by atoms with E-state index in [1.54, 1.807) is 6.08 Å². The number of halogens is 3. The quantitative estimate of drug-likeness (QED) is 0.205. The Balaban J connectivity index is 1.56. The maximum absolute atomic E-state index is 13.2. The van der Waals surface area contributed by atoms with Crippen molar-refractivity contribution in [2.24, 2.45) is 56.7 Å². The van der Waals surface area contributed by atoms with Crippen molar-refractivity contribution in [2.45, 2.75) is 105 Å². The van der Waals surface area contributed by atoms with E-state index in [0.29, 0.717) is 25.2 Å². The smallest absolute Gasteiger partial charge is 0.481 e. The topological polar surface area (TPSA) is 80.7 Å². The Morgan fingerprint density at radius 2 is 1.62 bits per heavy atom. The first-order chi connectivity index (χ1) is 18.2. The summed E-state index contributed by atoms with van der Waals surface area (Å²) in [6.45, 7) is 15.1. The second-order valence-electron chi connectivity index (χ2n) is 15.1. The van der Waals surface area contributed by atoms with Crippen LogP contribution in [0.3, 0.4) is 0 Å². The van der Waals surface area contributed by atoms with Gasteiger partial charge in [-0.25, -0.2) is 0 Å². The molecule has 0 heterocycles. The Kier molecular flexibility index (Phi) is 6.56. The summed E-state index contributed by atoms with van der Waals surface area (Å²) in [4.78, 5) is 12.8. The second-order valence-corrected chi connectivity index (χ2v) is 16.6. The van der Waals surface area contributed by atoms with E-state index in [0.717, 1.165) is 32.1 Å². The maximum Gasteiger partial charge on any atom is 0.534 e. The molecule has 5 aliphatic carbocycles. The summed E-state index contributed by atoms with van der Waals surface area (Å²) in [5, 5.41) is 10.5. The lowest BCUT2D eigenvalue weighted by atomic mass is 9.34. The molecule has 9 atom stereocenters. The molecule has 5 rings (SSSR count). The van der Waals surface area contributed by atoms with E-state index in [1.165, 1.54) is 5.57 Å². The molecule has 3 saturated carbocycles. The van der Waals surface area contributed by atoms with Gasteiger partial charge in [0.15, 0.2) is 0 Å². The van der Waals surface area contributed by atoms with Crippen LogP contribution in [0.25, 0.3) is 0 Å². The molecule has 0 aromatic carbocycles. The van der Waals surface area contributed by atoms with Crippen LogP contribution in [0, 0.1) is 56.7 Å². The molecule has 1 N–H and O–H groups in total. The van der Waals surface area contributed by atoms with Gasteiger partial charge in [0, 0.05) is 5.41 Å². The number of fused-ring (bicyclic) bond motifs is 7. The highest BCUT2D eigenvalue weighted by molar-refractivity contribution is 7.87. The van der Waals surface area contributed by atoms with Gasteiger partial charge in [-0.2, -0.15) is 21.6 Å². The summed E-state index contributed by atoms with van der Waals surface area (Å²) in [5.41, 5.74) is -6.33. The molecule has 0 amide bonds. The molecule has 9 heteroatoms. The van der Waals surface area contributed by atoms with Crippen molar-refractivity contribution in [2.75, 3.05) is 0 Å². The predicted molar refractivity (Wildman–Crippen MR) is 146 cm³/mol. The Hall–Kier alpha value is -1.51. The zero-order chi connectivity index (χ0) is 29.9. The van der Waals surface area contributed by atoms with E-state index >= 15 is 0 Å². The average Bonchev–Trinajstić information content (AvgIpc) is 2.82. The summed E-state index contributed by atoms with van der Waals surface area (Å²) in [7, 11) is -5.75. The van der Waals surface area contributed by atoms with Crippen LogP contribution < -0.4 is 0 Å². The lowest BCUT2D eigenvalue weighted by molar-refractivity contribution is -0.182. The summed E-state index contributed by atoms with van der Waals surface area (Å²) < 4.78 is 68.2. The molecule has 0 aromatic heterocycles. The number of carboxylic acid groups (broad SMARTS) is 1. The molecule has 40 heavy (non-hydrogen) atoms. The van der Waals surface area contributed by atoms with Gasteiger partial charge in [0.2, 0.25) is 0 Å². The third kappa shape index (κ3) is 3.70. The second kappa shape index (κ2) is 8.76. The van der Waals surface area contributed by atoms with Gasteiger partial charge in [0.25, 0.3) is 0 Å². The Morgan fingerprint density at radius 3 is 2.23 bits per heavy atom. The van der Waals surface area contributed by atoms with Gasteiger partial charge in [-0.05, 0) is 103 Å². The minimum Gasteiger partial charge on any atom is -0.481 e. The SMILES string of the molecule is CC1CCC2(C(=O)O)CCC3(C)C(=CCC4C5(C)CC=C(OS(=O)(=O)C(F)(F)F)C(C)(C)C5CCC43C)C2C1C. The fourth-order valence-corrected chi connectivity index (χ4v) is 11.4. The molecule has 0 aromatic rings. The van der Waals surface area contributed by atoms with Gasteiger partial charge in [-0.15, -0.1) is 0 Å². The summed E-state index contributed by atoms with van der Waals surface area (Å²) in [6.07, 6.45) is 9.91. The number of aliphatic carboxylic acids is 1. The number of carbonyl (C=O) groups is 1. The number of hydrogen-bond acceptors (Lipinski definition) is 4. The van der Waals surface area contributed by atoms with E-state index in [1.807, 2.05) is 13.8 Å².